The van der Waals surface area contributed by atoms with E-state index < -0.39 is 0 Å². The van der Waals surface area contributed by atoms with Gasteiger partial charge in [-0.2, -0.15) is 5.26 Å². The van der Waals surface area contributed by atoms with Crippen LogP contribution in [-0.2, 0) is 0 Å². The number of aromatic nitrogens is 1. The van der Waals surface area contributed by atoms with E-state index in [1.807, 2.05) is 13.0 Å². The van der Waals surface area contributed by atoms with Gasteiger partial charge in [-0.1, -0.05) is 38.0 Å². The number of pyridine rings is 1. The summed E-state index contributed by atoms with van der Waals surface area (Å²) in [7, 11) is 0. The fourth-order valence-corrected chi connectivity index (χ4v) is 1.67. The van der Waals surface area contributed by atoms with Crippen LogP contribution in [0.3, 0.4) is 0 Å². The van der Waals surface area contributed by atoms with Crippen molar-refractivity contribution >= 4 is 24.3 Å². The SMILES string of the molecule is C=C/C=c1/nc(C=C)c(C=C)c(C#N)/c1=C/C. The molecule has 2 nitrogen and oxygen atoms in total. The Morgan fingerprint density at radius 3 is 2.35 bits per heavy atom. The first-order valence-electron chi connectivity index (χ1n) is 5.21. The molecular formula is C15H14N2. The van der Waals surface area contributed by atoms with Crippen LogP contribution in [0.2, 0.25) is 0 Å². The Labute approximate surface area is 101 Å². The zero-order chi connectivity index (χ0) is 12.8. The minimum absolute atomic E-state index is 0.570. The van der Waals surface area contributed by atoms with Gasteiger partial charge in [-0.05, 0) is 19.1 Å². The lowest BCUT2D eigenvalue weighted by Gasteiger charge is -2.04. The van der Waals surface area contributed by atoms with Crippen LogP contribution in [0, 0.1) is 11.3 Å². The number of nitrogens with zero attached hydrogens (tertiary/aromatic N) is 2. The summed E-state index contributed by atoms with van der Waals surface area (Å²) in [5.41, 5.74) is 1.95. The molecule has 0 aromatic carbocycles. The Bertz CT molecular complexity index is 628. The summed E-state index contributed by atoms with van der Waals surface area (Å²) in [4.78, 5) is 4.43. The van der Waals surface area contributed by atoms with Gasteiger partial charge in [0.15, 0.2) is 0 Å². The van der Waals surface area contributed by atoms with E-state index in [0.717, 1.165) is 16.1 Å². The highest BCUT2D eigenvalue weighted by Crippen LogP contribution is 2.09. The molecule has 1 aromatic rings. The standard InChI is InChI=1S/C15H14N2/c1-5-9-15-12(7-3)13(10-16)11(6-2)14(8-4)17-15/h5-9H,1-2,4H2,3H3/b12-7-,15-9+. The average molecular weight is 222 g/mol. The lowest BCUT2D eigenvalue weighted by Crippen LogP contribution is -2.32. The summed E-state index contributed by atoms with van der Waals surface area (Å²) >= 11 is 0. The smallest absolute Gasteiger partial charge is 0.101 e. The Morgan fingerprint density at radius 1 is 1.24 bits per heavy atom. The predicted molar refractivity (Wildman–Crippen MR) is 73.2 cm³/mol. The van der Waals surface area contributed by atoms with Crippen molar-refractivity contribution in [3.05, 3.63) is 53.2 Å². The Balaban J connectivity index is 4.03. The molecule has 0 atom stereocenters. The van der Waals surface area contributed by atoms with Crippen molar-refractivity contribution in [1.82, 2.24) is 4.98 Å². The van der Waals surface area contributed by atoms with Crippen LogP contribution in [0.5, 0.6) is 0 Å². The van der Waals surface area contributed by atoms with Crippen molar-refractivity contribution in [2.24, 2.45) is 0 Å². The molecule has 0 fully saturated rings. The molecular weight excluding hydrogens is 208 g/mol. The molecule has 1 heterocycles. The van der Waals surface area contributed by atoms with Crippen LogP contribution in [0.25, 0.3) is 24.3 Å². The first-order chi connectivity index (χ1) is 8.23. The van der Waals surface area contributed by atoms with Crippen LogP contribution >= 0.6 is 0 Å². The Morgan fingerprint density at radius 2 is 1.94 bits per heavy atom. The lowest BCUT2D eigenvalue weighted by molar-refractivity contribution is 1.17. The van der Waals surface area contributed by atoms with Crippen LogP contribution < -0.4 is 10.6 Å². The van der Waals surface area contributed by atoms with E-state index in [1.54, 1.807) is 24.3 Å². The molecule has 0 N–H and O–H groups in total. The Kier molecular flexibility index (Phi) is 4.19. The summed E-state index contributed by atoms with van der Waals surface area (Å²) in [6, 6.07) is 2.19. The van der Waals surface area contributed by atoms with Crippen LogP contribution in [0.4, 0.5) is 0 Å². The number of hydrogen-bond acceptors (Lipinski definition) is 2. The summed E-state index contributed by atoms with van der Waals surface area (Å²) in [6.45, 7) is 12.9. The third-order valence-electron chi connectivity index (χ3n) is 2.41. The number of nitriles is 1. The lowest BCUT2D eigenvalue weighted by atomic mass is 10.0. The minimum atomic E-state index is 0.570. The van der Waals surface area contributed by atoms with Crippen LogP contribution in [0.1, 0.15) is 23.7 Å². The van der Waals surface area contributed by atoms with Gasteiger partial charge in [-0.15, -0.1) is 0 Å². The second-order valence-electron chi connectivity index (χ2n) is 3.30. The van der Waals surface area contributed by atoms with E-state index in [2.05, 4.69) is 30.8 Å². The molecule has 0 amide bonds. The molecule has 0 radical (unpaired) electrons. The molecule has 0 aliphatic rings. The van der Waals surface area contributed by atoms with Crippen LogP contribution in [-0.4, -0.2) is 4.98 Å². The molecule has 0 saturated carbocycles. The quantitative estimate of drug-likeness (QED) is 0.784. The second-order valence-corrected chi connectivity index (χ2v) is 3.30. The highest BCUT2D eigenvalue weighted by molar-refractivity contribution is 5.67. The van der Waals surface area contributed by atoms with E-state index in [4.69, 9.17) is 0 Å². The topological polar surface area (TPSA) is 36.7 Å². The largest absolute Gasteiger partial charge is 0.248 e. The van der Waals surface area contributed by atoms with Gasteiger partial charge in [0, 0.05) is 10.8 Å². The van der Waals surface area contributed by atoms with E-state index in [0.29, 0.717) is 11.3 Å². The third kappa shape index (κ3) is 2.24. The molecule has 0 bridgehead atoms. The summed E-state index contributed by atoms with van der Waals surface area (Å²) in [6.07, 6.45) is 8.54. The summed E-state index contributed by atoms with van der Waals surface area (Å²) in [5.74, 6) is 0. The van der Waals surface area contributed by atoms with E-state index in [1.165, 1.54) is 0 Å². The average Bonchev–Trinajstić information content (AvgIpc) is 2.37. The van der Waals surface area contributed by atoms with Gasteiger partial charge in [0.1, 0.15) is 6.07 Å². The van der Waals surface area contributed by atoms with Crippen LogP contribution in [0.15, 0.2) is 25.8 Å². The number of allylic oxidation sites excluding steroid dienone is 1. The molecule has 0 unspecified atom stereocenters. The molecule has 0 aliphatic carbocycles. The van der Waals surface area contributed by atoms with Gasteiger partial charge >= 0.3 is 0 Å². The molecule has 17 heavy (non-hydrogen) atoms. The highest BCUT2D eigenvalue weighted by Gasteiger charge is 2.07. The van der Waals surface area contributed by atoms with Crippen molar-refractivity contribution in [2.75, 3.05) is 0 Å². The molecule has 0 saturated heterocycles. The molecule has 0 aliphatic heterocycles. The van der Waals surface area contributed by atoms with E-state index >= 15 is 0 Å². The fraction of sp³-hybridized carbons (Fsp3) is 0.0667. The van der Waals surface area contributed by atoms with Gasteiger partial charge in [-0.25, -0.2) is 4.98 Å². The monoisotopic (exact) mass is 222 g/mol. The fourth-order valence-electron chi connectivity index (χ4n) is 1.67. The Hall–Kier alpha value is -2.40. The number of rotatable bonds is 3. The molecule has 1 rings (SSSR count). The van der Waals surface area contributed by atoms with Crippen molar-refractivity contribution in [1.29, 1.82) is 5.26 Å². The van der Waals surface area contributed by atoms with Gasteiger partial charge in [0.25, 0.3) is 0 Å². The third-order valence-corrected chi connectivity index (χ3v) is 2.41. The van der Waals surface area contributed by atoms with Gasteiger partial charge < -0.3 is 0 Å². The highest BCUT2D eigenvalue weighted by atomic mass is 14.7. The van der Waals surface area contributed by atoms with E-state index in [-0.39, 0.29) is 0 Å². The van der Waals surface area contributed by atoms with E-state index in [9.17, 15) is 5.26 Å². The number of hydrogen-bond donors (Lipinski definition) is 0. The second kappa shape index (κ2) is 5.62. The molecule has 1 aromatic heterocycles. The molecule has 84 valence electrons. The normalized spacial score (nSPS) is 12.0. The van der Waals surface area contributed by atoms with Gasteiger partial charge in [0.05, 0.1) is 16.6 Å². The first-order valence-corrected chi connectivity index (χ1v) is 5.21. The maximum Gasteiger partial charge on any atom is 0.101 e. The summed E-state index contributed by atoms with van der Waals surface area (Å²) in [5, 5.41) is 10.8. The minimum Gasteiger partial charge on any atom is -0.248 e. The van der Waals surface area contributed by atoms with Gasteiger partial charge in [-0.3, -0.25) is 0 Å². The maximum absolute atomic E-state index is 9.25. The zero-order valence-corrected chi connectivity index (χ0v) is 9.90. The summed E-state index contributed by atoms with van der Waals surface area (Å²) < 4.78 is 0. The molecule has 0 spiro atoms. The predicted octanol–water partition coefficient (Wildman–Crippen LogP) is 2.01. The van der Waals surface area contributed by atoms with Crippen molar-refractivity contribution in [3.63, 3.8) is 0 Å². The van der Waals surface area contributed by atoms with Crippen molar-refractivity contribution in [2.45, 2.75) is 6.92 Å². The van der Waals surface area contributed by atoms with Gasteiger partial charge in [0.2, 0.25) is 0 Å². The van der Waals surface area contributed by atoms with Crippen molar-refractivity contribution in [3.8, 4) is 6.07 Å². The first kappa shape index (κ1) is 12.7. The van der Waals surface area contributed by atoms with Crippen molar-refractivity contribution < 1.29 is 0 Å². The zero-order valence-electron chi connectivity index (χ0n) is 9.90. The molecule has 2 heteroatoms. The maximum atomic E-state index is 9.25.